The molecule has 193 valence electrons. The van der Waals surface area contributed by atoms with E-state index in [0.717, 1.165) is 29.8 Å². The van der Waals surface area contributed by atoms with Gasteiger partial charge < -0.3 is 82.8 Å². The van der Waals surface area contributed by atoms with Crippen LogP contribution in [0.5, 0.6) is 0 Å². The molecule has 0 aliphatic carbocycles. The van der Waals surface area contributed by atoms with E-state index in [0.29, 0.717) is 0 Å². The molecule has 0 aliphatic rings. The van der Waals surface area contributed by atoms with E-state index in [2.05, 4.69) is 0 Å². The van der Waals surface area contributed by atoms with Gasteiger partial charge in [-0.2, -0.15) is 0 Å². The van der Waals surface area contributed by atoms with Crippen molar-refractivity contribution in [3.63, 3.8) is 0 Å². The summed E-state index contributed by atoms with van der Waals surface area (Å²) in [4.78, 5) is 47.4. The zero-order valence-corrected chi connectivity index (χ0v) is 32.5. The first-order valence-electron chi connectivity index (χ1n) is 5.14. The zero-order chi connectivity index (χ0) is 28.5. The number of nitriles is 6. The molecule has 0 saturated carbocycles. The molecular weight excluding hydrogens is 793 g/mol. The molecule has 38 heavy (non-hydrogen) atoms. The Balaban J connectivity index is -0.0000000276. The van der Waals surface area contributed by atoms with E-state index >= 15 is 0 Å². The van der Waals surface area contributed by atoms with E-state index in [1.54, 1.807) is 0 Å². The molecule has 0 atom stereocenters. The molecule has 0 aromatic carbocycles. The van der Waals surface area contributed by atoms with Crippen molar-refractivity contribution in [2.24, 2.45) is 0 Å². The monoisotopic (exact) mass is 797 g/mol. The quantitative estimate of drug-likeness (QED) is 0.135. The first-order chi connectivity index (χ1) is 14.6. The first kappa shape index (κ1) is 71.2. The summed E-state index contributed by atoms with van der Waals surface area (Å²) in [7, 11) is -6.17. The van der Waals surface area contributed by atoms with Gasteiger partial charge in [0, 0.05) is 0 Å². The average molecular weight is 797 g/mol. The van der Waals surface area contributed by atoms with E-state index in [1.165, 1.54) is 0 Å². The fraction of sp³-hybridized carbons (Fsp3) is 0. The molecule has 0 amide bonds. The summed E-state index contributed by atoms with van der Waals surface area (Å²) in [6.07, 6.45) is 0. The van der Waals surface area contributed by atoms with Gasteiger partial charge in [0.25, 0.3) is 0 Å². The Morgan fingerprint density at radius 2 is 0.447 bits per heavy atom. The second-order valence-corrected chi connectivity index (χ2v) is 8.54. The van der Waals surface area contributed by atoms with Gasteiger partial charge in [0.2, 0.25) is 0 Å². The Bertz CT molecular complexity index is 786. The van der Waals surface area contributed by atoms with Crippen molar-refractivity contribution in [3.8, 4) is 29.8 Å². The largest absolute Gasteiger partial charge is 4.00 e. The molecule has 0 radical (unpaired) electrons. The van der Waals surface area contributed by atoms with Crippen LogP contribution in [0.15, 0.2) is 0 Å². The molecule has 0 bridgehead atoms. The SMILES string of the molecule is N#[C][Fe-3]([C]#N)([C]#N)([C]#N)([C]#N)[C]#N.O=[N+]([O-])[O-].O=[N+]([O-])[O-].O=[N+]([O-])[O-].O=[N+]([O-])[O-].O=[N+]([O-])[O-].[Ce+4].[K+].[K+].[K+].[NH4+]. The van der Waals surface area contributed by atoms with Crippen LogP contribution in [0.4, 0.5) is 0 Å². The van der Waals surface area contributed by atoms with Gasteiger partial charge in [-0.15, -0.1) is 0 Å². The zero-order valence-electron chi connectivity index (χ0n) is 18.9. The average Bonchev–Trinajstić information content (AvgIpc) is 2.64. The third-order valence-electron chi connectivity index (χ3n) is 1.19. The molecule has 0 saturated heterocycles. The normalized spacial score (nSPS) is 7.74. The van der Waals surface area contributed by atoms with Crippen LogP contribution in [0.3, 0.4) is 0 Å². The van der Waals surface area contributed by atoms with Gasteiger partial charge >= 0.3 is 268 Å². The van der Waals surface area contributed by atoms with E-state index < -0.39 is 36.2 Å². The first-order valence-corrected chi connectivity index (χ1v) is 8.45. The minimum atomic E-state index is -6.17. The van der Waals surface area contributed by atoms with Crippen LogP contribution in [0.1, 0.15) is 0 Å². The van der Waals surface area contributed by atoms with Crippen molar-refractivity contribution < 1.29 is 232 Å². The van der Waals surface area contributed by atoms with Crippen molar-refractivity contribution in [1.82, 2.24) is 6.15 Å². The molecule has 4 N–H and O–H groups in total. The standard InChI is InChI=1S/6CN.Ce.Fe.3K.5NO3.H3N/c6*1-2;;;;;;5*2-1(3)4;/h;;;;;;;;;;;;;;;;1H3/q;;;;;;+4;-3;3*+1;5*-1;/p+1. The number of nitrogens with zero attached hydrogens (tertiary/aromatic N) is 11. The molecule has 0 heterocycles. The smallest absolute Gasteiger partial charge is 0.369 e. The molecular formula is C6H4CeFeK3N12O15. The molecule has 0 unspecified atom stereocenters. The second kappa shape index (κ2) is 36.7. The van der Waals surface area contributed by atoms with Crippen molar-refractivity contribution in [3.05, 3.63) is 76.6 Å². The van der Waals surface area contributed by atoms with E-state index in [9.17, 15) is 0 Å². The predicted octanol–water partition coefficient (Wildman–Crippen LogP) is -9.71. The molecule has 27 nitrogen and oxygen atoms in total. The summed E-state index contributed by atoms with van der Waals surface area (Å²) < 4.78 is 0. The third-order valence-corrected chi connectivity index (χ3v) is 4.89. The molecule has 0 spiro atoms. The minimum absolute atomic E-state index is 0. The van der Waals surface area contributed by atoms with Crippen molar-refractivity contribution >= 4 is 0 Å². The number of hydrogen-bond acceptors (Lipinski definition) is 21. The van der Waals surface area contributed by atoms with Crippen LogP contribution in [0.25, 0.3) is 0 Å². The number of hydrogen-bond donors (Lipinski definition) is 1. The molecule has 0 aromatic heterocycles. The predicted molar refractivity (Wildman–Crippen MR) is 91.5 cm³/mol. The Hall–Kier alpha value is -0.295. The van der Waals surface area contributed by atoms with Crippen LogP contribution < -0.4 is 160 Å². The summed E-state index contributed by atoms with van der Waals surface area (Å²) in [5, 5.41) is 125. The van der Waals surface area contributed by atoms with Crippen LogP contribution in [0, 0.1) is 180 Å². The van der Waals surface area contributed by atoms with Gasteiger partial charge in [0.1, 0.15) is 0 Å². The van der Waals surface area contributed by atoms with E-state index in [1.807, 2.05) is 0 Å². The maximum Gasteiger partial charge on any atom is 4.00 e. The van der Waals surface area contributed by atoms with Gasteiger partial charge in [0.15, 0.2) is 0 Å². The summed E-state index contributed by atoms with van der Waals surface area (Å²) in [5.74, 6) is 0. The molecule has 0 fully saturated rings. The van der Waals surface area contributed by atoms with Crippen LogP contribution in [-0.2, 0) is 10.7 Å². The molecule has 0 rings (SSSR count). The van der Waals surface area contributed by atoms with Gasteiger partial charge in [-0.05, 0) is 0 Å². The van der Waals surface area contributed by atoms with E-state index in [-0.39, 0.29) is 202 Å². The molecule has 0 aromatic rings. The Morgan fingerprint density at radius 1 is 0.395 bits per heavy atom. The summed E-state index contributed by atoms with van der Waals surface area (Å²) in [5.41, 5.74) is 0. The molecule has 0 aliphatic heterocycles. The van der Waals surface area contributed by atoms with Crippen LogP contribution >= 0.6 is 0 Å². The summed E-state index contributed by atoms with van der Waals surface area (Å²) >= 11 is 0. The van der Waals surface area contributed by atoms with Crippen molar-refractivity contribution in [2.45, 2.75) is 0 Å². The maximum absolute atomic E-state index is 8.58. The van der Waals surface area contributed by atoms with Crippen LogP contribution in [-0.4, -0.2) is 25.4 Å². The van der Waals surface area contributed by atoms with E-state index in [4.69, 9.17) is 108 Å². The van der Waals surface area contributed by atoms with Gasteiger partial charge in [-0.25, -0.2) is 0 Å². The fourth-order valence-electron chi connectivity index (χ4n) is 0.265. The Kier molecular flexibility index (Phi) is 68.8. The summed E-state index contributed by atoms with van der Waals surface area (Å²) in [6, 6.07) is 0. The third kappa shape index (κ3) is 48.7. The maximum atomic E-state index is 8.58. The molecule has 32 heteroatoms. The Morgan fingerprint density at radius 3 is 0.447 bits per heavy atom. The van der Waals surface area contributed by atoms with Crippen LogP contribution in [0.2, 0.25) is 0 Å². The van der Waals surface area contributed by atoms with Crippen molar-refractivity contribution in [1.29, 1.82) is 31.6 Å². The topological polar surface area (TPSA) is 510 Å². The summed E-state index contributed by atoms with van der Waals surface area (Å²) in [6.45, 7) is 0. The second-order valence-electron chi connectivity index (χ2n) is 2.92. The minimum Gasteiger partial charge on any atom is -0.369 e. The Labute approximate surface area is 367 Å². The van der Waals surface area contributed by atoms with Gasteiger partial charge in [-0.1, -0.05) is 0 Å². The fourth-order valence-corrected chi connectivity index (χ4v) is 1.09. The van der Waals surface area contributed by atoms with Crippen molar-refractivity contribution in [2.75, 3.05) is 0 Å². The van der Waals surface area contributed by atoms with Gasteiger partial charge in [0.05, 0.1) is 25.4 Å². The number of quaternary nitrogens is 1. The van der Waals surface area contributed by atoms with Gasteiger partial charge in [-0.3, -0.25) is 0 Å². The number of rotatable bonds is 0.